The van der Waals surface area contributed by atoms with Crippen LogP contribution in [0, 0.1) is 0 Å². The minimum Gasteiger partial charge on any atom is -0.468 e. The molecule has 1 rings (SSSR count). The van der Waals surface area contributed by atoms with Gasteiger partial charge in [0.1, 0.15) is 5.84 Å². The number of hydrogen-bond donors (Lipinski definition) is 1. The average Bonchev–Trinajstić information content (AvgIpc) is 2.16. The summed E-state index contributed by atoms with van der Waals surface area (Å²) in [5.74, 6) is 0.186. The SMILES string of the molecule is COC(=O)C(N)C1=NCCCN1C. The van der Waals surface area contributed by atoms with Gasteiger partial charge in [-0.1, -0.05) is 0 Å². The number of methoxy groups -OCH3 is 1. The van der Waals surface area contributed by atoms with Crippen LogP contribution in [0.1, 0.15) is 6.42 Å². The third-order valence-corrected chi connectivity index (χ3v) is 2.05. The van der Waals surface area contributed by atoms with E-state index in [4.69, 9.17) is 5.73 Å². The Morgan fingerprint density at radius 1 is 1.77 bits per heavy atom. The van der Waals surface area contributed by atoms with E-state index in [2.05, 4.69) is 9.73 Å². The number of carbonyl (C=O) groups excluding carboxylic acids is 1. The molecule has 0 aromatic rings. The summed E-state index contributed by atoms with van der Waals surface area (Å²) in [7, 11) is 3.20. The van der Waals surface area contributed by atoms with E-state index in [0.29, 0.717) is 5.84 Å². The van der Waals surface area contributed by atoms with E-state index in [0.717, 1.165) is 19.5 Å². The largest absolute Gasteiger partial charge is 0.468 e. The summed E-state index contributed by atoms with van der Waals surface area (Å²) in [6.45, 7) is 1.63. The molecule has 13 heavy (non-hydrogen) atoms. The molecule has 0 saturated carbocycles. The molecule has 0 spiro atoms. The fraction of sp³-hybridized carbons (Fsp3) is 0.750. The van der Waals surface area contributed by atoms with Gasteiger partial charge in [-0.15, -0.1) is 0 Å². The fourth-order valence-corrected chi connectivity index (χ4v) is 1.30. The molecule has 0 aromatic carbocycles. The van der Waals surface area contributed by atoms with Crippen LogP contribution in [0.5, 0.6) is 0 Å². The first-order valence-corrected chi connectivity index (χ1v) is 4.25. The summed E-state index contributed by atoms with van der Waals surface area (Å²) >= 11 is 0. The number of likely N-dealkylation sites (N-methyl/N-ethyl adjacent to an activating group) is 1. The van der Waals surface area contributed by atoms with Crippen molar-refractivity contribution in [2.45, 2.75) is 12.5 Å². The molecular formula is C8H15N3O2. The monoisotopic (exact) mass is 185 g/mol. The van der Waals surface area contributed by atoms with Crippen molar-refractivity contribution in [3.05, 3.63) is 0 Å². The molecule has 0 saturated heterocycles. The number of nitrogens with zero attached hydrogens (tertiary/aromatic N) is 2. The number of ether oxygens (including phenoxy) is 1. The zero-order valence-electron chi connectivity index (χ0n) is 7.99. The number of esters is 1. The van der Waals surface area contributed by atoms with Crippen molar-refractivity contribution in [2.24, 2.45) is 10.7 Å². The van der Waals surface area contributed by atoms with E-state index >= 15 is 0 Å². The van der Waals surface area contributed by atoms with Crippen LogP contribution in [0.4, 0.5) is 0 Å². The average molecular weight is 185 g/mol. The van der Waals surface area contributed by atoms with Crippen LogP contribution in [0.3, 0.4) is 0 Å². The van der Waals surface area contributed by atoms with Crippen molar-refractivity contribution in [3.63, 3.8) is 0 Å². The van der Waals surface area contributed by atoms with Crippen molar-refractivity contribution < 1.29 is 9.53 Å². The lowest BCUT2D eigenvalue weighted by molar-refractivity contribution is -0.140. The molecular weight excluding hydrogens is 170 g/mol. The number of nitrogens with two attached hydrogens (primary N) is 1. The summed E-state index contributed by atoms with van der Waals surface area (Å²) in [4.78, 5) is 17.2. The van der Waals surface area contributed by atoms with Crippen molar-refractivity contribution >= 4 is 11.8 Å². The molecule has 1 heterocycles. The van der Waals surface area contributed by atoms with Gasteiger partial charge in [-0.3, -0.25) is 4.99 Å². The van der Waals surface area contributed by atoms with Crippen molar-refractivity contribution in [2.75, 3.05) is 27.2 Å². The number of amidine groups is 1. The molecule has 1 aliphatic heterocycles. The quantitative estimate of drug-likeness (QED) is 0.573. The second-order valence-corrected chi connectivity index (χ2v) is 3.02. The molecule has 1 unspecified atom stereocenters. The molecule has 2 N–H and O–H groups in total. The Labute approximate surface area is 77.6 Å². The topological polar surface area (TPSA) is 67.9 Å². The Balaban J connectivity index is 2.69. The van der Waals surface area contributed by atoms with Gasteiger partial charge in [0, 0.05) is 20.1 Å². The zero-order valence-corrected chi connectivity index (χ0v) is 7.99. The molecule has 0 amide bonds. The summed E-state index contributed by atoms with van der Waals surface area (Å²) < 4.78 is 4.54. The van der Waals surface area contributed by atoms with Gasteiger partial charge < -0.3 is 15.4 Å². The maximum atomic E-state index is 11.1. The molecule has 1 aliphatic rings. The highest BCUT2D eigenvalue weighted by Crippen LogP contribution is 2.03. The second-order valence-electron chi connectivity index (χ2n) is 3.02. The number of hydrogen-bond acceptors (Lipinski definition) is 5. The minimum atomic E-state index is -0.740. The van der Waals surface area contributed by atoms with E-state index in [1.165, 1.54) is 7.11 Å². The molecule has 5 nitrogen and oxygen atoms in total. The molecule has 5 heteroatoms. The van der Waals surface area contributed by atoms with Gasteiger partial charge in [-0.25, -0.2) is 4.79 Å². The highest BCUT2D eigenvalue weighted by Gasteiger charge is 2.25. The van der Waals surface area contributed by atoms with Gasteiger partial charge >= 0.3 is 5.97 Å². The highest BCUT2D eigenvalue weighted by molar-refractivity contribution is 6.04. The van der Waals surface area contributed by atoms with Crippen LogP contribution in [-0.2, 0) is 9.53 Å². The molecule has 0 aliphatic carbocycles. The van der Waals surface area contributed by atoms with Gasteiger partial charge in [-0.2, -0.15) is 0 Å². The molecule has 74 valence electrons. The lowest BCUT2D eigenvalue weighted by atomic mass is 10.2. The maximum Gasteiger partial charge on any atom is 0.330 e. The number of carbonyl (C=O) groups is 1. The predicted molar refractivity (Wildman–Crippen MR) is 49.5 cm³/mol. The zero-order chi connectivity index (χ0) is 9.84. The Morgan fingerprint density at radius 3 is 3.00 bits per heavy atom. The Hall–Kier alpha value is -1.10. The lowest BCUT2D eigenvalue weighted by Gasteiger charge is -2.27. The van der Waals surface area contributed by atoms with Crippen LogP contribution < -0.4 is 5.73 Å². The molecule has 1 atom stereocenters. The summed E-state index contributed by atoms with van der Waals surface area (Å²) in [5.41, 5.74) is 5.65. The van der Waals surface area contributed by atoms with Gasteiger partial charge in [-0.05, 0) is 6.42 Å². The fourth-order valence-electron chi connectivity index (χ4n) is 1.30. The van der Waals surface area contributed by atoms with Crippen molar-refractivity contribution in [3.8, 4) is 0 Å². The summed E-state index contributed by atoms with van der Waals surface area (Å²) in [6, 6.07) is -0.740. The van der Waals surface area contributed by atoms with Gasteiger partial charge in [0.2, 0.25) is 0 Å². The first-order chi connectivity index (χ1) is 6.16. The molecule has 0 aromatic heterocycles. The third-order valence-electron chi connectivity index (χ3n) is 2.05. The van der Waals surface area contributed by atoms with E-state index in [1.54, 1.807) is 0 Å². The summed E-state index contributed by atoms with van der Waals surface area (Å²) in [6.07, 6.45) is 1.01. The molecule has 0 bridgehead atoms. The van der Waals surface area contributed by atoms with Crippen molar-refractivity contribution in [1.29, 1.82) is 0 Å². The lowest BCUT2D eigenvalue weighted by Crippen LogP contribution is -2.49. The Bertz CT molecular complexity index is 227. The number of aliphatic imine (C=N–C) groups is 1. The Morgan fingerprint density at radius 2 is 2.46 bits per heavy atom. The van der Waals surface area contributed by atoms with Crippen LogP contribution in [0.2, 0.25) is 0 Å². The second kappa shape index (κ2) is 4.23. The van der Waals surface area contributed by atoms with Gasteiger partial charge in [0.05, 0.1) is 7.11 Å². The van der Waals surface area contributed by atoms with Crippen LogP contribution in [0.15, 0.2) is 4.99 Å². The van der Waals surface area contributed by atoms with Crippen LogP contribution >= 0.6 is 0 Å². The molecule has 0 fully saturated rings. The smallest absolute Gasteiger partial charge is 0.330 e. The number of rotatable bonds is 2. The van der Waals surface area contributed by atoms with Crippen LogP contribution in [0.25, 0.3) is 0 Å². The minimum absolute atomic E-state index is 0.437. The maximum absolute atomic E-state index is 11.1. The van der Waals surface area contributed by atoms with E-state index < -0.39 is 12.0 Å². The highest BCUT2D eigenvalue weighted by atomic mass is 16.5. The normalized spacial score (nSPS) is 19.3. The van der Waals surface area contributed by atoms with E-state index in [-0.39, 0.29) is 0 Å². The first-order valence-electron chi connectivity index (χ1n) is 4.25. The van der Waals surface area contributed by atoms with E-state index in [1.807, 2.05) is 11.9 Å². The Kier molecular flexibility index (Phi) is 3.25. The van der Waals surface area contributed by atoms with Gasteiger partial charge in [0.15, 0.2) is 6.04 Å². The van der Waals surface area contributed by atoms with Crippen molar-refractivity contribution in [1.82, 2.24) is 4.90 Å². The predicted octanol–water partition coefficient (Wildman–Crippen LogP) is -0.779. The standard InChI is InChI=1S/C8H15N3O2/c1-11-5-3-4-10-7(11)6(9)8(12)13-2/h6H,3-5,9H2,1-2H3. The summed E-state index contributed by atoms with van der Waals surface area (Å²) in [5, 5.41) is 0. The third kappa shape index (κ3) is 2.18. The van der Waals surface area contributed by atoms with Crippen LogP contribution in [-0.4, -0.2) is 50.0 Å². The van der Waals surface area contributed by atoms with E-state index in [9.17, 15) is 4.79 Å². The van der Waals surface area contributed by atoms with Gasteiger partial charge in [0.25, 0.3) is 0 Å². The first kappa shape index (κ1) is 9.98. The molecule has 0 radical (unpaired) electrons.